The molecule has 1 aliphatic carbocycles. The van der Waals surface area contributed by atoms with Crippen LogP contribution in [0.3, 0.4) is 0 Å². The molecule has 1 fully saturated rings. The molecule has 0 aromatic carbocycles. The predicted octanol–water partition coefficient (Wildman–Crippen LogP) is 3.11. The Balaban J connectivity index is 1.74. The lowest BCUT2D eigenvalue weighted by Gasteiger charge is -2.26. The maximum Gasteiger partial charge on any atom is 0.270 e. The van der Waals surface area contributed by atoms with Crippen molar-refractivity contribution in [2.24, 2.45) is 17.6 Å². The molecule has 2 rings (SSSR count). The molecule has 1 aromatic heterocycles. The maximum absolute atomic E-state index is 12.0. The Labute approximate surface area is 125 Å². The van der Waals surface area contributed by atoms with Crippen molar-refractivity contribution in [3.05, 3.63) is 16.1 Å². The molecule has 0 spiro atoms. The van der Waals surface area contributed by atoms with Gasteiger partial charge in [0, 0.05) is 11.9 Å². The van der Waals surface area contributed by atoms with Crippen LogP contribution in [0.1, 0.15) is 67.5 Å². The van der Waals surface area contributed by atoms with Gasteiger partial charge in [-0.25, -0.2) is 4.98 Å². The monoisotopic (exact) mass is 295 g/mol. The third-order valence-corrected chi connectivity index (χ3v) is 5.07. The molecule has 0 bridgehead atoms. The van der Waals surface area contributed by atoms with Crippen LogP contribution in [-0.2, 0) is 0 Å². The number of amides is 1. The van der Waals surface area contributed by atoms with Gasteiger partial charge in [0.25, 0.3) is 5.91 Å². The quantitative estimate of drug-likeness (QED) is 0.877. The molecule has 0 radical (unpaired) electrons. The first-order chi connectivity index (χ1) is 9.56. The normalized spacial score (nSPS) is 24.4. The molecule has 1 amide bonds. The predicted molar refractivity (Wildman–Crippen MR) is 82.8 cm³/mol. The van der Waals surface area contributed by atoms with Crippen LogP contribution in [0.2, 0.25) is 0 Å². The van der Waals surface area contributed by atoms with E-state index in [1.807, 2.05) is 6.92 Å². The number of rotatable bonds is 5. The second-order valence-electron chi connectivity index (χ2n) is 6.04. The molecular weight excluding hydrogens is 270 g/mol. The number of hydrogen-bond acceptors (Lipinski definition) is 4. The molecule has 0 aliphatic heterocycles. The number of nitrogens with one attached hydrogen (secondary N) is 1. The zero-order valence-corrected chi connectivity index (χ0v) is 13.2. The minimum absolute atomic E-state index is 0.0722. The lowest BCUT2D eigenvalue weighted by Crippen LogP contribution is -2.27. The topological polar surface area (TPSA) is 68.0 Å². The lowest BCUT2D eigenvalue weighted by atomic mass is 9.81. The van der Waals surface area contributed by atoms with Gasteiger partial charge in [-0.05, 0) is 31.6 Å². The van der Waals surface area contributed by atoms with E-state index < -0.39 is 0 Å². The van der Waals surface area contributed by atoms with E-state index in [2.05, 4.69) is 17.2 Å². The smallest absolute Gasteiger partial charge is 0.270 e. The van der Waals surface area contributed by atoms with E-state index in [0.717, 1.165) is 29.8 Å². The standard InChI is InChI=1S/C15H25N3OS/c1-10-4-3-5-12(8-10)6-7-17-14(19)13-9-20-15(18-13)11(2)16/h9-12H,3-8,16H2,1-2H3,(H,17,19). The number of nitrogens with zero attached hydrogens (tertiary/aromatic N) is 1. The fourth-order valence-corrected chi connectivity index (χ4v) is 3.66. The summed E-state index contributed by atoms with van der Waals surface area (Å²) in [6.45, 7) is 4.96. The van der Waals surface area contributed by atoms with Crippen molar-refractivity contribution in [1.82, 2.24) is 10.3 Å². The average molecular weight is 295 g/mol. The van der Waals surface area contributed by atoms with Gasteiger partial charge >= 0.3 is 0 Å². The molecule has 3 N–H and O–H groups in total. The molecule has 3 atom stereocenters. The number of nitrogens with two attached hydrogens (primary N) is 1. The van der Waals surface area contributed by atoms with Crippen LogP contribution in [0.5, 0.6) is 0 Å². The third-order valence-electron chi connectivity index (χ3n) is 4.03. The summed E-state index contributed by atoms with van der Waals surface area (Å²) >= 11 is 1.45. The fraction of sp³-hybridized carbons (Fsp3) is 0.733. The zero-order valence-electron chi connectivity index (χ0n) is 12.4. The van der Waals surface area contributed by atoms with Crippen molar-refractivity contribution in [2.45, 2.75) is 52.0 Å². The van der Waals surface area contributed by atoms with Crippen molar-refractivity contribution < 1.29 is 4.79 Å². The molecule has 3 unspecified atom stereocenters. The van der Waals surface area contributed by atoms with E-state index in [-0.39, 0.29) is 11.9 Å². The van der Waals surface area contributed by atoms with Gasteiger partial charge in [-0.3, -0.25) is 4.79 Å². The molecule has 4 nitrogen and oxygen atoms in total. The van der Waals surface area contributed by atoms with Crippen LogP contribution in [0, 0.1) is 11.8 Å². The minimum atomic E-state index is -0.106. The van der Waals surface area contributed by atoms with Crippen molar-refractivity contribution in [1.29, 1.82) is 0 Å². The zero-order chi connectivity index (χ0) is 14.5. The summed E-state index contributed by atoms with van der Waals surface area (Å²) < 4.78 is 0. The van der Waals surface area contributed by atoms with Crippen molar-refractivity contribution >= 4 is 17.2 Å². The maximum atomic E-state index is 12.0. The van der Waals surface area contributed by atoms with Crippen molar-refractivity contribution in [3.8, 4) is 0 Å². The summed E-state index contributed by atoms with van der Waals surface area (Å²) in [5.41, 5.74) is 6.25. The fourth-order valence-electron chi connectivity index (χ4n) is 2.90. The van der Waals surface area contributed by atoms with E-state index in [1.165, 1.54) is 37.0 Å². The first kappa shape index (κ1) is 15.4. The van der Waals surface area contributed by atoms with Crippen LogP contribution in [-0.4, -0.2) is 17.4 Å². The largest absolute Gasteiger partial charge is 0.351 e. The van der Waals surface area contributed by atoms with E-state index in [0.29, 0.717) is 5.69 Å². The van der Waals surface area contributed by atoms with Crippen molar-refractivity contribution in [3.63, 3.8) is 0 Å². The molecule has 112 valence electrons. The molecule has 1 aromatic rings. The molecule has 0 saturated heterocycles. The number of carbonyl (C=O) groups excluding carboxylic acids is 1. The van der Waals surface area contributed by atoms with Gasteiger partial charge in [0.05, 0.1) is 6.04 Å². The highest BCUT2D eigenvalue weighted by atomic mass is 32.1. The van der Waals surface area contributed by atoms with Crippen LogP contribution >= 0.6 is 11.3 Å². The van der Waals surface area contributed by atoms with Gasteiger partial charge in [0.1, 0.15) is 10.7 Å². The van der Waals surface area contributed by atoms with E-state index in [1.54, 1.807) is 5.38 Å². The Morgan fingerprint density at radius 3 is 3.05 bits per heavy atom. The van der Waals surface area contributed by atoms with Crippen LogP contribution < -0.4 is 11.1 Å². The third kappa shape index (κ3) is 4.28. The minimum Gasteiger partial charge on any atom is -0.351 e. The van der Waals surface area contributed by atoms with E-state index >= 15 is 0 Å². The average Bonchev–Trinajstić information content (AvgIpc) is 2.88. The summed E-state index contributed by atoms with van der Waals surface area (Å²) in [5, 5.41) is 5.58. The Morgan fingerprint density at radius 1 is 1.60 bits per heavy atom. The van der Waals surface area contributed by atoms with Crippen LogP contribution in [0.25, 0.3) is 0 Å². The Morgan fingerprint density at radius 2 is 2.40 bits per heavy atom. The first-order valence-electron chi connectivity index (χ1n) is 7.55. The molecule has 1 saturated carbocycles. The molecule has 20 heavy (non-hydrogen) atoms. The van der Waals surface area contributed by atoms with Gasteiger partial charge in [-0.2, -0.15) is 0 Å². The Bertz CT molecular complexity index is 444. The summed E-state index contributed by atoms with van der Waals surface area (Å²) in [7, 11) is 0. The SMILES string of the molecule is CC1CCCC(CCNC(=O)c2csc(C(C)N)n2)C1. The molecule has 1 aliphatic rings. The highest BCUT2D eigenvalue weighted by Gasteiger charge is 2.19. The Hall–Kier alpha value is -0.940. The summed E-state index contributed by atoms with van der Waals surface area (Å²) in [6, 6.07) is -0.106. The summed E-state index contributed by atoms with van der Waals surface area (Å²) in [5.74, 6) is 1.54. The van der Waals surface area contributed by atoms with Gasteiger partial charge in [-0.15, -0.1) is 11.3 Å². The second-order valence-corrected chi connectivity index (χ2v) is 6.93. The first-order valence-corrected chi connectivity index (χ1v) is 8.43. The van der Waals surface area contributed by atoms with Crippen molar-refractivity contribution in [2.75, 3.05) is 6.54 Å². The van der Waals surface area contributed by atoms with Gasteiger partial charge in [0.15, 0.2) is 0 Å². The van der Waals surface area contributed by atoms with E-state index in [9.17, 15) is 4.79 Å². The number of aromatic nitrogens is 1. The van der Waals surface area contributed by atoms with Gasteiger partial charge in [-0.1, -0.05) is 26.2 Å². The van der Waals surface area contributed by atoms with Crippen LogP contribution in [0.4, 0.5) is 0 Å². The highest BCUT2D eigenvalue weighted by molar-refractivity contribution is 7.09. The molecule has 1 heterocycles. The van der Waals surface area contributed by atoms with E-state index in [4.69, 9.17) is 5.73 Å². The number of thiazole rings is 1. The number of carbonyl (C=O) groups is 1. The second kappa shape index (κ2) is 7.18. The highest BCUT2D eigenvalue weighted by Crippen LogP contribution is 2.30. The summed E-state index contributed by atoms with van der Waals surface area (Å²) in [6.07, 6.45) is 6.40. The molecule has 5 heteroatoms. The number of hydrogen-bond donors (Lipinski definition) is 2. The Kier molecular flexibility index (Phi) is 5.54. The van der Waals surface area contributed by atoms with Gasteiger partial charge < -0.3 is 11.1 Å². The van der Waals surface area contributed by atoms with Gasteiger partial charge in [0.2, 0.25) is 0 Å². The summed E-state index contributed by atoms with van der Waals surface area (Å²) in [4.78, 5) is 16.2. The van der Waals surface area contributed by atoms with Crippen LogP contribution in [0.15, 0.2) is 5.38 Å². The lowest BCUT2D eigenvalue weighted by molar-refractivity contribution is 0.0945. The molecular formula is C15H25N3OS.